The molecule has 3 heteroatoms. The Morgan fingerprint density at radius 3 is 2.38 bits per heavy atom. The van der Waals surface area contributed by atoms with E-state index in [-0.39, 0.29) is 0 Å². The van der Waals surface area contributed by atoms with Gasteiger partial charge in [0.1, 0.15) is 11.0 Å². The Labute approximate surface area is 139 Å². The molecule has 0 aliphatic rings. The topological polar surface area (TPSA) is 30.7 Å². The molecule has 0 amide bonds. The molecule has 5 aromatic rings. The highest BCUT2D eigenvalue weighted by atomic mass is 15.5. The molecule has 0 radical (unpaired) electrons. The Morgan fingerprint density at radius 2 is 1.50 bits per heavy atom. The van der Waals surface area contributed by atoms with E-state index in [9.17, 15) is 0 Å². The van der Waals surface area contributed by atoms with Crippen LogP contribution in [0.2, 0.25) is 0 Å². The molecule has 114 valence electrons. The van der Waals surface area contributed by atoms with E-state index in [4.69, 9.17) is 5.10 Å². The largest absolute Gasteiger partial charge is 0.150 e. The lowest BCUT2D eigenvalue weighted by atomic mass is 9.99. The van der Waals surface area contributed by atoms with Crippen molar-refractivity contribution < 1.29 is 0 Å². The van der Waals surface area contributed by atoms with Gasteiger partial charge in [0.2, 0.25) is 0 Å². The molecule has 0 bridgehead atoms. The minimum absolute atomic E-state index is 0.917. The predicted molar refractivity (Wildman–Crippen MR) is 98.6 cm³/mol. The molecule has 0 atom stereocenters. The second-order valence-corrected chi connectivity index (χ2v) is 6.15. The number of benzene rings is 4. The molecule has 0 unspecified atom stereocenters. The van der Waals surface area contributed by atoms with Crippen LogP contribution in [0.4, 0.5) is 0 Å². The average Bonchev–Trinajstić information content (AvgIpc) is 3.06. The van der Waals surface area contributed by atoms with Crippen LogP contribution in [0.3, 0.4) is 0 Å². The highest BCUT2D eigenvalue weighted by Gasteiger charge is 2.11. The number of hydrogen-bond donors (Lipinski definition) is 0. The molecule has 0 fully saturated rings. The summed E-state index contributed by atoms with van der Waals surface area (Å²) in [4.78, 5) is 1.72. The van der Waals surface area contributed by atoms with E-state index in [2.05, 4.69) is 48.4 Å². The summed E-state index contributed by atoms with van der Waals surface area (Å²) in [5.41, 5.74) is 4.09. The van der Waals surface area contributed by atoms with Gasteiger partial charge >= 0.3 is 0 Å². The van der Waals surface area contributed by atoms with Gasteiger partial charge in [-0.15, -0.1) is 10.2 Å². The standard InChI is InChI=1S/C21H15N3/c1-14-7-8-15-9-10-16-11-12-19-21(20(16)18(15)13-14)23-24(22-19)17-5-3-2-4-6-17/h2-13H,1H3. The molecular formula is C21H15N3. The van der Waals surface area contributed by atoms with Gasteiger partial charge < -0.3 is 0 Å². The van der Waals surface area contributed by atoms with Gasteiger partial charge in [-0.3, -0.25) is 0 Å². The van der Waals surface area contributed by atoms with Crippen LogP contribution in [0.1, 0.15) is 5.56 Å². The Hall–Kier alpha value is -3.20. The molecule has 4 aromatic carbocycles. The lowest BCUT2D eigenvalue weighted by Crippen LogP contribution is -1.97. The number of para-hydroxylation sites is 1. The number of hydrogen-bond acceptors (Lipinski definition) is 2. The van der Waals surface area contributed by atoms with E-state index in [0.29, 0.717) is 0 Å². The van der Waals surface area contributed by atoms with Crippen molar-refractivity contribution in [1.29, 1.82) is 0 Å². The highest BCUT2D eigenvalue weighted by molar-refractivity contribution is 6.18. The lowest BCUT2D eigenvalue weighted by Gasteiger charge is -2.05. The third-order valence-electron chi connectivity index (χ3n) is 4.49. The van der Waals surface area contributed by atoms with E-state index >= 15 is 0 Å². The van der Waals surface area contributed by atoms with Gasteiger partial charge in [0.25, 0.3) is 0 Å². The van der Waals surface area contributed by atoms with Gasteiger partial charge in [-0.2, -0.15) is 4.80 Å². The third-order valence-corrected chi connectivity index (χ3v) is 4.49. The maximum absolute atomic E-state index is 4.80. The van der Waals surface area contributed by atoms with Crippen LogP contribution in [0.5, 0.6) is 0 Å². The normalized spacial score (nSPS) is 11.5. The molecule has 24 heavy (non-hydrogen) atoms. The zero-order valence-electron chi connectivity index (χ0n) is 13.3. The molecule has 0 spiro atoms. The van der Waals surface area contributed by atoms with E-state index < -0.39 is 0 Å². The fourth-order valence-corrected chi connectivity index (χ4v) is 3.31. The number of nitrogens with zero attached hydrogens (tertiary/aromatic N) is 3. The molecule has 1 aromatic heterocycles. The van der Waals surface area contributed by atoms with Gasteiger partial charge in [0, 0.05) is 5.39 Å². The second kappa shape index (κ2) is 4.90. The fourth-order valence-electron chi connectivity index (χ4n) is 3.31. The fraction of sp³-hybridized carbons (Fsp3) is 0.0476. The summed E-state index contributed by atoms with van der Waals surface area (Å²) in [5.74, 6) is 0. The van der Waals surface area contributed by atoms with Crippen LogP contribution in [0.25, 0.3) is 38.3 Å². The molecule has 5 rings (SSSR count). The summed E-state index contributed by atoms with van der Waals surface area (Å²) >= 11 is 0. The SMILES string of the molecule is Cc1ccc2ccc3ccc4nn(-c5ccccc5)nc4c3c2c1. The third kappa shape index (κ3) is 1.91. The molecule has 0 saturated carbocycles. The van der Waals surface area contributed by atoms with Gasteiger partial charge in [0.15, 0.2) is 0 Å². The predicted octanol–water partition coefficient (Wildman–Crippen LogP) is 5.04. The molecule has 0 saturated heterocycles. The van der Waals surface area contributed by atoms with E-state index in [1.54, 1.807) is 4.80 Å². The number of rotatable bonds is 1. The van der Waals surface area contributed by atoms with Crippen molar-refractivity contribution in [3.05, 3.63) is 78.4 Å². The Kier molecular flexibility index (Phi) is 2.71. The summed E-state index contributed by atoms with van der Waals surface area (Å²) in [6.07, 6.45) is 0. The van der Waals surface area contributed by atoms with Gasteiger partial charge in [-0.25, -0.2) is 0 Å². The minimum atomic E-state index is 0.917. The molecule has 0 aliphatic heterocycles. The zero-order chi connectivity index (χ0) is 16.1. The molecule has 3 nitrogen and oxygen atoms in total. The van der Waals surface area contributed by atoms with Gasteiger partial charge in [0.05, 0.1) is 5.69 Å². The van der Waals surface area contributed by atoms with Crippen LogP contribution >= 0.6 is 0 Å². The first kappa shape index (κ1) is 13.3. The number of aromatic nitrogens is 3. The van der Waals surface area contributed by atoms with Gasteiger partial charge in [-0.1, -0.05) is 60.2 Å². The first-order chi connectivity index (χ1) is 11.8. The first-order valence-electron chi connectivity index (χ1n) is 8.04. The van der Waals surface area contributed by atoms with Crippen molar-refractivity contribution in [3.63, 3.8) is 0 Å². The zero-order valence-corrected chi connectivity index (χ0v) is 13.3. The van der Waals surface area contributed by atoms with E-state index in [1.165, 1.54) is 27.1 Å². The Bertz CT molecular complexity index is 1200. The summed E-state index contributed by atoms with van der Waals surface area (Å²) in [6, 6.07) is 25.1. The summed E-state index contributed by atoms with van der Waals surface area (Å²) in [6.45, 7) is 2.12. The number of aryl methyl sites for hydroxylation is 1. The second-order valence-electron chi connectivity index (χ2n) is 6.15. The van der Waals surface area contributed by atoms with Crippen LogP contribution in [-0.2, 0) is 0 Å². The maximum atomic E-state index is 4.80. The first-order valence-corrected chi connectivity index (χ1v) is 8.04. The summed E-state index contributed by atoms with van der Waals surface area (Å²) in [5, 5.41) is 14.3. The molecule has 0 N–H and O–H groups in total. The molecule has 0 aliphatic carbocycles. The summed E-state index contributed by atoms with van der Waals surface area (Å²) < 4.78 is 0. The monoisotopic (exact) mass is 309 g/mol. The van der Waals surface area contributed by atoms with E-state index in [1.807, 2.05) is 36.4 Å². The van der Waals surface area contributed by atoms with Crippen molar-refractivity contribution in [2.45, 2.75) is 6.92 Å². The van der Waals surface area contributed by atoms with Crippen LogP contribution < -0.4 is 0 Å². The molecular weight excluding hydrogens is 294 g/mol. The van der Waals surface area contributed by atoms with Crippen molar-refractivity contribution in [3.8, 4) is 5.69 Å². The van der Waals surface area contributed by atoms with Gasteiger partial charge in [-0.05, 0) is 41.3 Å². The van der Waals surface area contributed by atoms with Crippen molar-refractivity contribution in [1.82, 2.24) is 15.0 Å². The lowest BCUT2D eigenvalue weighted by molar-refractivity contribution is 0.766. The Morgan fingerprint density at radius 1 is 0.750 bits per heavy atom. The number of fused-ring (bicyclic) bond motifs is 5. The van der Waals surface area contributed by atoms with Crippen LogP contribution in [-0.4, -0.2) is 15.0 Å². The summed E-state index contributed by atoms with van der Waals surface area (Å²) in [7, 11) is 0. The van der Waals surface area contributed by atoms with E-state index in [0.717, 1.165) is 16.7 Å². The van der Waals surface area contributed by atoms with Crippen LogP contribution in [0.15, 0.2) is 72.8 Å². The van der Waals surface area contributed by atoms with Crippen LogP contribution in [0, 0.1) is 6.92 Å². The highest BCUT2D eigenvalue weighted by Crippen LogP contribution is 2.31. The molecule has 1 heterocycles. The van der Waals surface area contributed by atoms with Crippen molar-refractivity contribution in [2.75, 3.05) is 0 Å². The van der Waals surface area contributed by atoms with Crippen molar-refractivity contribution >= 4 is 32.6 Å². The Balaban J connectivity index is 1.92. The minimum Gasteiger partial charge on any atom is -0.150 e. The smallest absolute Gasteiger partial charge is 0.122 e. The average molecular weight is 309 g/mol. The van der Waals surface area contributed by atoms with Crippen molar-refractivity contribution in [2.24, 2.45) is 0 Å². The quantitative estimate of drug-likeness (QED) is 0.406. The maximum Gasteiger partial charge on any atom is 0.122 e.